The van der Waals surface area contributed by atoms with Crippen molar-refractivity contribution in [2.24, 2.45) is 0 Å². The van der Waals surface area contributed by atoms with Gasteiger partial charge in [-0.25, -0.2) is 4.39 Å². The van der Waals surface area contributed by atoms with E-state index in [1.165, 1.54) is 6.07 Å². The van der Waals surface area contributed by atoms with Gasteiger partial charge in [-0.2, -0.15) is 0 Å². The zero-order chi connectivity index (χ0) is 18.2. The fourth-order valence-corrected chi connectivity index (χ4v) is 2.64. The van der Waals surface area contributed by atoms with Gasteiger partial charge in [0.2, 0.25) is 0 Å². The molecule has 1 aliphatic rings. The van der Waals surface area contributed by atoms with E-state index in [1.807, 2.05) is 27.7 Å². The molecule has 0 aliphatic carbocycles. The highest BCUT2D eigenvalue weighted by atomic mass is 19.1. The van der Waals surface area contributed by atoms with Crippen molar-refractivity contribution in [1.82, 2.24) is 0 Å². The predicted molar refractivity (Wildman–Crippen MR) is 94.6 cm³/mol. The Morgan fingerprint density at radius 1 is 1.04 bits per heavy atom. The molecule has 1 aliphatic heterocycles. The van der Waals surface area contributed by atoms with Crippen LogP contribution in [0, 0.1) is 5.82 Å². The highest BCUT2D eigenvalue weighted by Gasteiger charge is 2.52. The monoisotopic (exact) mass is 344 g/mol. The number of phenolic OH excluding ortho intramolecular Hbond substituents is 1. The summed E-state index contributed by atoms with van der Waals surface area (Å²) in [6, 6.07) is 11.4. The maximum absolute atomic E-state index is 14.4. The van der Waals surface area contributed by atoms with Crippen molar-refractivity contribution in [1.29, 1.82) is 0 Å². The highest BCUT2D eigenvalue weighted by Crippen LogP contribution is 2.37. The minimum atomic E-state index is -0.708. The van der Waals surface area contributed by atoms with Gasteiger partial charge in [-0.15, -0.1) is 0 Å². The molecule has 0 aromatic heterocycles. The molecule has 3 rings (SSSR count). The summed E-state index contributed by atoms with van der Waals surface area (Å²) < 4.78 is 32.1. The molecule has 132 valence electrons. The van der Waals surface area contributed by atoms with Gasteiger partial charge in [-0.05, 0) is 51.5 Å². The summed E-state index contributed by atoms with van der Waals surface area (Å²) in [5, 5.41) is 9.54. The summed E-state index contributed by atoms with van der Waals surface area (Å²) in [5.74, 6) is -0.238. The van der Waals surface area contributed by atoms with Crippen LogP contribution in [-0.4, -0.2) is 23.4 Å². The third-order valence-corrected chi connectivity index (χ3v) is 4.80. The van der Waals surface area contributed by atoms with Gasteiger partial charge in [-0.3, -0.25) is 0 Å². The van der Waals surface area contributed by atoms with Crippen LogP contribution >= 0.6 is 0 Å². The molecule has 0 atom stereocenters. The van der Waals surface area contributed by atoms with Gasteiger partial charge >= 0.3 is 7.12 Å². The molecular weight excluding hydrogens is 322 g/mol. The van der Waals surface area contributed by atoms with E-state index in [4.69, 9.17) is 14.0 Å². The third kappa shape index (κ3) is 3.50. The molecule has 2 aromatic rings. The van der Waals surface area contributed by atoms with E-state index in [0.717, 1.165) is 5.56 Å². The lowest BCUT2D eigenvalue weighted by Crippen LogP contribution is -2.41. The summed E-state index contributed by atoms with van der Waals surface area (Å²) in [6.07, 6.45) is 0. The first-order valence-corrected chi connectivity index (χ1v) is 8.24. The first-order valence-electron chi connectivity index (χ1n) is 8.24. The molecule has 0 spiro atoms. The number of ether oxygens (including phenoxy) is 1. The summed E-state index contributed by atoms with van der Waals surface area (Å²) in [4.78, 5) is 0. The van der Waals surface area contributed by atoms with Gasteiger partial charge in [0.15, 0.2) is 11.6 Å². The van der Waals surface area contributed by atoms with Crippen LogP contribution in [0.15, 0.2) is 42.5 Å². The highest BCUT2D eigenvalue weighted by molar-refractivity contribution is 6.63. The number of hydrogen-bond acceptors (Lipinski definition) is 4. The minimum Gasteiger partial charge on any atom is -0.508 e. The molecular formula is C19H22BFO4. The molecule has 0 saturated carbocycles. The van der Waals surface area contributed by atoms with Gasteiger partial charge in [0.25, 0.3) is 0 Å². The van der Waals surface area contributed by atoms with Crippen LogP contribution in [0.25, 0.3) is 0 Å². The summed E-state index contributed by atoms with van der Waals surface area (Å²) >= 11 is 0. The van der Waals surface area contributed by atoms with Gasteiger partial charge in [0, 0.05) is 5.46 Å². The Morgan fingerprint density at radius 2 is 1.68 bits per heavy atom. The molecule has 6 heteroatoms. The topological polar surface area (TPSA) is 47.9 Å². The smallest absolute Gasteiger partial charge is 0.498 e. The molecule has 0 radical (unpaired) electrons. The summed E-state index contributed by atoms with van der Waals surface area (Å²) in [7, 11) is -0.708. The maximum atomic E-state index is 14.4. The lowest BCUT2D eigenvalue weighted by molar-refractivity contribution is 0.00578. The summed E-state index contributed by atoms with van der Waals surface area (Å²) in [5.41, 5.74) is 0.209. The van der Waals surface area contributed by atoms with Crippen molar-refractivity contribution < 1.29 is 23.5 Å². The largest absolute Gasteiger partial charge is 0.508 e. The predicted octanol–water partition coefficient (Wildman–Crippen LogP) is 3.41. The van der Waals surface area contributed by atoms with E-state index < -0.39 is 24.1 Å². The van der Waals surface area contributed by atoms with Crippen molar-refractivity contribution in [3.8, 4) is 11.5 Å². The first-order chi connectivity index (χ1) is 11.7. The summed E-state index contributed by atoms with van der Waals surface area (Å²) in [6.45, 7) is 7.90. The minimum absolute atomic E-state index is 0.101. The molecule has 2 aromatic carbocycles. The number of phenols is 1. The van der Waals surface area contributed by atoms with Crippen molar-refractivity contribution in [3.63, 3.8) is 0 Å². The Kier molecular flexibility index (Phi) is 4.52. The van der Waals surface area contributed by atoms with Crippen LogP contribution in [-0.2, 0) is 15.9 Å². The average Bonchev–Trinajstić information content (AvgIpc) is 2.74. The molecule has 1 saturated heterocycles. The molecule has 1 fully saturated rings. The van der Waals surface area contributed by atoms with Crippen molar-refractivity contribution >= 4 is 12.6 Å². The van der Waals surface area contributed by atoms with Gasteiger partial charge < -0.3 is 19.2 Å². The average molecular weight is 344 g/mol. The second-order valence-electron chi connectivity index (χ2n) is 7.21. The number of benzene rings is 2. The second-order valence-corrected chi connectivity index (χ2v) is 7.21. The Morgan fingerprint density at radius 3 is 2.32 bits per heavy atom. The molecule has 0 amide bonds. The van der Waals surface area contributed by atoms with E-state index in [2.05, 4.69) is 0 Å². The second kappa shape index (κ2) is 6.35. The van der Waals surface area contributed by atoms with Crippen LogP contribution in [0.2, 0.25) is 0 Å². The fourth-order valence-electron chi connectivity index (χ4n) is 2.64. The van der Waals surface area contributed by atoms with Crippen LogP contribution in [0.4, 0.5) is 4.39 Å². The van der Waals surface area contributed by atoms with E-state index in [-0.39, 0.29) is 18.1 Å². The number of hydrogen-bond donors (Lipinski definition) is 1. The Bertz CT molecular complexity index is 760. The van der Waals surface area contributed by atoms with Gasteiger partial charge in [-0.1, -0.05) is 24.3 Å². The zero-order valence-corrected chi connectivity index (χ0v) is 14.9. The zero-order valence-electron chi connectivity index (χ0n) is 14.9. The molecule has 1 N–H and O–H groups in total. The first kappa shape index (κ1) is 17.8. The van der Waals surface area contributed by atoms with E-state index in [1.54, 1.807) is 36.4 Å². The molecule has 0 bridgehead atoms. The maximum Gasteiger partial charge on any atom is 0.498 e. The molecule has 1 heterocycles. The standard InChI is InChI=1S/C19H22BFO4/c1-18(2)19(3,4)25-20(24-18)15-9-6-10-16(21)17(15)23-12-13-7-5-8-14(22)11-13/h5-11,22H,12H2,1-4H3. The number of halogens is 1. The number of rotatable bonds is 4. The third-order valence-electron chi connectivity index (χ3n) is 4.80. The molecule has 4 nitrogen and oxygen atoms in total. The van der Waals surface area contributed by atoms with Crippen LogP contribution in [0.5, 0.6) is 11.5 Å². The molecule has 25 heavy (non-hydrogen) atoms. The Labute approximate surface area is 147 Å². The van der Waals surface area contributed by atoms with Crippen LogP contribution in [0.1, 0.15) is 33.3 Å². The number of para-hydroxylation sites is 1. The lowest BCUT2D eigenvalue weighted by Gasteiger charge is -2.32. The van der Waals surface area contributed by atoms with Gasteiger partial charge in [0.1, 0.15) is 12.4 Å². The Hall–Kier alpha value is -2.05. The Balaban J connectivity index is 1.86. The van der Waals surface area contributed by atoms with Crippen LogP contribution < -0.4 is 10.2 Å². The number of aromatic hydroxyl groups is 1. The quantitative estimate of drug-likeness (QED) is 0.864. The van der Waals surface area contributed by atoms with E-state index >= 15 is 0 Å². The van der Waals surface area contributed by atoms with E-state index in [0.29, 0.717) is 5.46 Å². The van der Waals surface area contributed by atoms with Crippen LogP contribution in [0.3, 0.4) is 0 Å². The van der Waals surface area contributed by atoms with Gasteiger partial charge in [0.05, 0.1) is 11.2 Å². The SMILES string of the molecule is CC1(C)OB(c2cccc(F)c2OCc2cccc(O)c2)OC1(C)C. The van der Waals surface area contributed by atoms with Crippen molar-refractivity contribution in [3.05, 3.63) is 53.8 Å². The normalized spacial score (nSPS) is 18.4. The van der Waals surface area contributed by atoms with Crippen molar-refractivity contribution in [2.75, 3.05) is 0 Å². The fraction of sp³-hybridized carbons (Fsp3) is 0.368. The molecule has 0 unspecified atom stereocenters. The van der Waals surface area contributed by atoms with Crippen molar-refractivity contribution in [2.45, 2.75) is 45.5 Å². The lowest BCUT2D eigenvalue weighted by atomic mass is 9.78. The van der Waals surface area contributed by atoms with E-state index in [9.17, 15) is 9.50 Å².